The van der Waals surface area contributed by atoms with Gasteiger partial charge in [-0.1, -0.05) is 19.1 Å². The van der Waals surface area contributed by atoms with Crippen molar-refractivity contribution >= 4 is 11.9 Å². The second-order valence-electron chi connectivity index (χ2n) is 5.50. The number of carboxylic acid groups (broad SMARTS) is 1. The van der Waals surface area contributed by atoms with Crippen molar-refractivity contribution < 1.29 is 19.4 Å². The normalized spacial score (nSPS) is 21.4. The molecule has 3 atom stereocenters. The van der Waals surface area contributed by atoms with Crippen LogP contribution < -0.4 is 10.1 Å². The molecule has 0 aromatic heterocycles. The summed E-state index contributed by atoms with van der Waals surface area (Å²) < 4.78 is 5.84. The van der Waals surface area contributed by atoms with E-state index in [1.165, 1.54) is 0 Å². The lowest BCUT2D eigenvalue weighted by molar-refractivity contribution is -0.140. The summed E-state index contributed by atoms with van der Waals surface area (Å²) in [5.74, 6) is -1.18. The van der Waals surface area contributed by atoms with Crippen LogP contribution in [-0.2, 0) is 9.59 Å². The Bertz CT molecular complexity index is 529. The van der Waals surface area contributed by atoms with Crippen LogP contribution in [0.3, 0.4) is 0 Å². The van der Waals surface area contributed by atoms with Gasteiger partial charge in [-0.3, -0.25) is 9.59 Å². The van der Waals surface area contributed by atoms with Gasteiger partial charge in [0.25, 0.3) is 0 Å². The molecule has 1 aliphatic carbocycles. The average molecular weight is 291 g/mol. The molecule has 1 aromatic rings. The maximum atomic E-state index is 11.8. The molecule has 5 heteroatoms. The summed E-state index contributed by atoms with van der Waals surface area (Å²) in [7, 11) is 0. The van der Waals surface area contributed by atoms with Crippen LogP contribution in [0.25, 0.3) is 0 Å². The maximum absolute atomic E-state index is 11.8. The maximum Gasteiger partial charge on any atom is 0.307 e. The molecule has 0 heterocycles. The highest BCUT2D eigenvalue weighted by Crippen LogP contribution is 2.38. The Balaban J connectivity index is 1.80. The zero-order valence-corrected chi connectivity index (χ0v) is 12.3. The van der Waals surface area contributed by atoms with Gasteiger partial charge in [0.2, 0.25) is 5.91 Å². The Morgan fingerprint density at radius 1 is 1.43 bits per heavy atom. The minimum atomic E-state index is -0.891. The van der Waals surface area contributed by atoms with Crippen LogP contribution in [0.1, 0.15) is 25.3 Å². The number of rotatable bonds is 7. The van der Waals surface area contributed by atoms with E-state index in [1.54, 1.807) is 0 Å². The SMILES string of the molecule is CCC(CNC(=O)C1CC1C(=O)O)Oc1cccc(C)c1. The molecular weight excluding hydrogens is 270 g/mol. The summed E-state index contributed by atoms with van der Waals surface area (Å²) in [6, 6.07) is 7.76. The third-order valence-corrected chi connectivity index (χ3v) is 3.70. The third-order valence-electron chi connectivity index (χ3n) is 3.70. The molecule has 3 unspecified atom stereocenters. The van der Waals surface area contributed by atoms with Gasteiger partial charge in [-0.2, -0.15) is 0 Å². The molecule has 0 radical (unpaired) electrons. The first-order valence-corrected chi connectivity index (χ1v) is 7.25. The van der Waals surface area contributed by atoms with Gasteiger partial charge >= 0.3 is 5.97 Å². The van der Waals surface area contributed by atoms with Crippen LogP contribution in [0, 0.1) is 18.8 Å². The Hall–Kier alpha value is -2.04. The van der Waals surface area contributed by atoms with Gasteiger partial charge in [-0.15, -0.1) is 0 Å². The molecule has 5 nitrogen and oxygen atoms in total. The molecule has 1 aliphatic rings. The number of benzene rings is 1. The summed E-state index contributed by atoms with van der Waals surface area (Å²) in [6.07, 6.45) is 1.09. The zero-order chi connectivity index (χ0) is 15.4. The van der Waals surface area contributed by atoms with Gasteiger partial charge in [0.15, 0.2) is 0 Å². The molecule has 2 N–H and O–H groups in total. The molecule has 114 valence electrons. The highest BCUT2D eigenvalue weighted by atomic mass is 16.5. The fourth-order valence-electron chi connectivity index (χ4n) is 2.25. The number of carboxylic acids is 1. The fourth-order valence-corrected chi connectivity index (χ4v) is 2.25. The summed E-state index contributed by atoms with van der Waals surface area (Å²) in [5, 5.41) is 11.6. The van der Waals surface area contributed by atoms with Crippen LogP contribution in [0.5, 0.6) is 5.75 Å². The van der Waals surface area contributed by atoms with Crippen molar-refractivity contribution in [3.8, 4) is 5.75 Å². The van der Waals surface area contributed by atoms with Crippen molar-refractivity contribution in [2.45, 2.75) is 32.8 Å². The second-order valence-corrected chi connectivity index (χ2v) is 5.50. The number of ether oxygens (including phenoxy) is 1. The number of amides is 1. The first kappa shape index (κ1) is 15.4. The summed E-state index contributed by atoms with van der Waals surface area (Å²) in [4.78, 5) is 22.6. The van der Waals surface area contributed by atoms with Crippen LogP contribution in [0.15, 0.2) is 24.3 Å². The summed E-state index contributed by atoms with van der Waals surface area (Å²) >= 11 is 0. The first-order valence-electron chi connectivity index (χ1n) is 7.25. The number of nitrogens with one attached hydrogen (secondary N) is 1. The van der Waals surface area contributed by atoms with E-state index in [4.69, 9.17) is 9.84 Å². The smallest absolute Gasteiger partial charge is 0.307 e. The molecule has 1 aromatic carbocycles. The molecule has 2 rings (SSSR count). The lowest BCUT2D eigenvalue weighted by Gasteiger charge is -2.18. The lowest BCUT2D eigenvalue weighted by atomic mass is 10.2. The number of hydrogen-bond donors (Lipinski definition) is 2. The predicted molar refractivity (Wildman–Crippen MR) is 78.1 cm³/mol. The Kier molecular flexibility index (Phi) is 4.83. The van der Waals surface area contributed by atoms with E-state index in [2.05, 4.69) is 5.32 Å². The lowest BCUT2D eigenvalue weighted by Crippen LogP contribution is -2.36. The fraction of sp³-hybridized carbons (Fsp3) is 0.500. The Morgan fingerprint density at radius 2 is 2.19 bits per heavy atom. The third kappa shape index (κ3) is 4.21. The van der Waals surface area contributed by atoms with E-state index in [-0.39, 0.29) is 17.9 Å². The molecule has 1 saturated carbocycles. The van der Waals surface area contributed by atoms with Crippen LogP contribution in [-0.4, -0.2) is 29.6 Å². The number of aryl methyl sites for hydroxylation is 1. The van der Waals surface area contributed by atoms with Crippen LogP contribution in [0.2, 0.25) is 0 Å². The molecular formula is C16H21NO4. The van der Waals surface area contributed by atoms with Crippen LogP contribution in [0.4, 0.5) is 0 Å². The average Bonchev–Trinajstić information content (AvgIpc) is 3.23. The molecule has 0 bridgehead atoms. The highest BCUT2D eigenvalue weighted by molar-refractivity contribution is 5.89. The van der Waals surface area contributed by atoms with Crippen molar-refractivity contribution in [2.24, 2.45) is 11.8 Å². The van der Waals surface area contributed by atoms with Crippen molar-refractivity contribution in [3.63, 3.8) is 0 Å². The van der Waals surface area contributed by atoms with Crippen LogP contribution >= 0.6 is 0 Å². The zero-order valence-electron chi connectivity index (χ0n) is 12.3. The van der Waals surface area contributed by atoms with E-state index < -0.39 is 11.9 Å². The number of hydrogen-bond acceptors (Lipinski definition) is 3. The molecule has 21 heavy (non-hydrogen) atoms. The predicted octanol–water partition coefficient (Wildman–Crippen LogP) is 1.99. The van der Waals surface area contributed by atoms with E-state index >= 15 is 0 Å². The molecule has 0 aliphatic heterocycles. The van der Waals surface area contributed by atoms with Gasteiger partial charge < -0.3 is 15.2 Å². The Morgan fingerprint density at radius 3 is 2.76 bits per heavy atom. The number of carbonyl (C=O) groups is 2. The highest BCUT2D eigenvalue weighted by Gasteiger charge is 2.48. The minimum Gasteiger partial charge on any atom is -0.489 e. The molecule has 0 saturated heterocycles. The number of carbonyl (C=O) groups excluding carboxylic acids is 1. The molecule has 0 spiro atoms. The Labute approximate surface area is 124 Å². The summed E-state index contributed by atoms with van der Waals surface area (Å²) in [6.45, 7) is 4.38. The van der Waals surface area contributed by atoms with Gasteiger partial charge in [0.05, 0.1) is 18.4 Å². The largest absolute Gasteiger partial charge is 0.489 e. The van der Waals surface area contributed by atoms with Crippen molar-refractivity contribution in [3.05, 3.63) is 29.8 Å². The van der Waals surface area contributed by atoms with Crippen molar-refractivity contribution in [1.82, 2.24) is 5.32 Å². The van der Waals surface area contributed by atoms with Crippen molar-refractivity contribution in [1.29, 1.82) is 0 Å². The molecule has 1 amide bonds. The van der Waals surface area contributed by atoms with E-state index in [1.807, 2.05) is 38.1 Å². The topological polar surface area (TPSA) is 75.6 Å². The number of aliphatic carboxylic acids is 1. The quantitative estimate of drug-likeness (QED) is 0.805. The first-order chi connectivity index (χ1) is 10.0. The van der Waals surface area contributed by atoms with E-state index in [9.17, 15) is 9.59 Å². The standard InChI is InChI=1S/C16H21NO4/c1-3-11(21-12-6-4-5-10(2)7-12)9-17-15(18)13-8-14(13)16(19)20/h4-7,11,13-14H,3,8-9H2,1-2H3,(H,17,18)(H,19,20). The van der Waals surface area contributed by atoms with Gasteiger partial charge in [-0.25, -0.2) is 0 Å². The van der Waals surface area contributed by atoms with Crippen molar-refractivity contribution in [2.75, 3.05) is 6.54 Å². The molecule has 1 fully saturated rings. The van der Waals surface area contributed by atoms with Gasteiger partial charge in [-0.05, 0) is 37.5 Å². The van der Waals surface area contributed by atoms with Gasteiger partial charge in [0.1, 0.15) is 11.9 Å². The second kappa shape index (κ2) is 6.61. The minimum absolute atomic E-state index is 0.113. The monoisotopic (exact) mass is 291 g/mol. The van der Waals surface area contributed by atoms with Gasteiger partial charge in [0, 0.05) is 0 Å². The van der Waals surface area contributed by atoms with E-state index in [0.717, 1.165) is 17.7 Å². The van der Waals surface area contributed by atoms with E-state index in [0.29, 0.717) is 13.0 Å². The summed E-state index contributed by atoms with van der Waals surface area (Å²) in [5.41, 5.74) is 1.12.